The molecule has 0 atom stereocenters. The third-order valence-corrected chi connectivity index (χ3v) is 6.42. The maximum atomic E-state index is 13.4. The highest BCUT2D eigenvalue weighted by Gasteiger charge is 2.22. The van der Waals surface area contributed by atoms with Crippen LogP contribution in [0.1, 0.15) is 32.2 Å². The van der Waals surface area contributed by atoms with E-state index in [4.69, 9.17) is 23.2 Å². The van der Waals surface area contributed by atoms with Crippen LogP contribution in [0, 0.1) is 13.8 Å². The number of hydrogen-bond donors (Lipinski definition) is 3. The highest BCUT2D eigenvalue weighted by atomic mass is 35.5. The van der Waals surface area contributed by atoms with Gasteiger partial charge in [-0.1, -0.05) is 47.5 Å². The van der Waals surface area contributed by atoms with Gasteiger partial charge in [0.1, 0.15) is 5.82 Å². The topological polar surface area (TPSA) is 118 Å². The highest BCUT2D eigenvalue weighted by Crippen LogP contribution is 2.32. The molecule has 0 saturated heterocycles. The van der Waals surface area contributed by atoms with Crippen molar-refractivity contribution < 1.29 is 9.59 Å². The molecule has 0 fully saturated rings. The fourth-order valence-electron chi connectivity index (χ4n) is 3.88. The van der Waals surface area contributed by atoms with Crippen molar-refractivity contribution in [2.75, 3.05) is 10.6 Å². The van der Waals surface area contributed by atoms with Crippen LogP contribution in [0.3, 0.4) is 0 Å². The minimum atomic E-state index is -0.505. The highest BCUT2D eigenvalue weighted by molar-refractivity contribution is 6.38. The minimum Gasteiger partial charge on any atom is -0.317 e. The number of benzene rings is 2. The Balaban J connectivity index is 1.50. The van der Waals surface area contributed by atoms with Crippen molar-refractivity contribution in [1.82, 2.24) is 25.0 Å². The molecule has 3 heterocycles. The molecule has 3 aromatic heterocycles. The van der Waals surface area contributed by atoms with Gasteiger partial charge in [-0.2, -0.15) is 10.2 Å². The zero-order valence-electron chi connectivity index (χ0n) is 20.3. The van der Waals surface area contributed by atoms with Gasteiger partial charge in [-0.3, -0.25) is 19.7 Å². The summed E-state index contributed by atoms with van der Waals surface area (Å²) in [5.41, 5.74) is 4.03. The summed E-state index contributed by atoms with van der Waals surface area (Å²) in [4.78, 5) is 30.8. The van der Waals surface area contributed by atoms with Gasteiger partial charge in [0, 0.05) is 17.8 Å². The van der Waals surface area contributed by atoms with Gasteiger partial charge in [-0.15, -0.1) is 0 Å². The van der Waals surface area contributed by atoms with Crippen molar-refractivity contribution in [3.63, 3.8) is 0 Å². The Labute approximate surface area is 227 Å². The second kappa shape index (κ2) is 10.5. The molecule has 2 amide bonds. The Morgan fingerprint density at radius 3 is 2.34 bits per heavy atom. The number of aromatic amines is 1. The summed E-state index contributed by atoms with van der Waals surface area (Å²) in [6.45, 7) is 3.58. The van der Waals surface area contributed by atoms with Gasteiger partial charge in [-0.05, 0) is 50.2 Å². The SMILES string of the molecule is Cc1n[nH]c(C)c1NC(=O)c1cc(NC(=O)c2cc(-c3ccccn3)c(Cl)cc2Cl)n(-c2ccccc2)n1. The van der Waals surface area contributed by atoms with Crippen LogP contribution in [0.5, 0.6) is 0 Å². The molecular weight excluding hydrogens is 525 g/mol. The smallest absolute Gasteiger partial charge is 0.276 e. The van der Waals surface area contributed by atoms with Crippen molar-refractivity contribution in [3.05, 3.63) is 106 Å². The molecule has 5 aromatic rings. The number of aromatic nitrogens is 5. The summed E-state index contributed by atoms with van der Waals surface area (Å²) in [6.07, 6.45) is 1.64. The Morgan fingerprint density at radius 2 is 1.66 bits per heavy atom. The number of amides is 2. The Morgan fingerprint density at radius 1 is 0.895 bits per heavy atom. The summed E-state index contributed by atoms with van der Waals surface area (Å²) in [7, 11) is 0. The van der Waals surface area contributed by atoms with Crippen LogP contribution in [0.4, 0.5) is 11.5 Å². The Kier molecular flexibility index (Phi) is 6.95. The molecule has 2 aromatic carbocycles. The number of carbonyl (C=O) groups excluding carboxylic acids is 2. The van der Waals surface area contributed by atoms with Gasteiger partial charge < -0.3 is 10.6 Å². The Hall–Kier alpha value is -4.47. The number of carbonyl (C=O) groups is 2. The molecule has 0 aliphatic rings. The van der Waals surface area contributed by atoms with Gasteiger partial charge in [0.25, 0.3) is 11.8 Å². The molecule has 9 nitrogen and oxygen atoms in total. The largest absolute Gasteiger partial charge is 0.317 e. The molecule has 0 saturated carbocycles. The molecular formula is C27H21Cl2N7O2. The molecule has 3 N–H and O–H groups in total. The van der Waals surface area contributed by atoms with Crippen LogP contribution >= 0.6 is 23.2 Å². The second-order valence-corrected chi connectivity index (χ2v) is 9.22. The summed E-state index contributed by atoms with van der Waals surface area (Å²) >= 11 is 12.8. The average molecular weight is 546 g/mol. The van der Waals surface area contributed by atoms with Crippen LogP contribution in [-0.4, -0.2) is 36.8 Å². The van der Waals surface area contributed by atoms with Gasteiger partial charge >= 0.3 is 0 Å². The van der Waals surface area contributed by atoms with Crippen molar-refractivity contribution in [1.29, 1.82) is 0 Å². The second-order valence-electron chi connectivity index (χ2n) is 8.41. The first-order valence-electron chi connectivity index (χ1n) is 11.5. The number of rotatable bonds is 6. The third-order valence-electron chi connectivity index (χ3n) is 5.79. The van der Waals surface area contributed by atoms with Crippen LogP contribution in [0.15, 0.2) is 72.9 Å². The summed E-state index contributed by atoms with van der Waals surface area (Å²) in [5.74, 6) is -0.684. The molecule has 0 spiro atoms. The molecule has 5 rings (SSSR count). The van der Waals surface area contributed by atoms with E-state index in [1.54, 1.807) is 38.2 Å². The lowest BCUT2D eigenvalue weighted by molar-refractivity contribution is 0.101. The minimum absolute atomic E-state index is 0.0977. The van der Waals surface area contributed by atoms with Gasteiger partial charge in [0.05, 0.1) is 44.1 Å². The predicted molar refractivity (Wildman–Crippen MR) is 147 cm³/mol. The number of H-pyrrole nitrogens is 1. The van der Waals surface area contributed by atoms with Crippen LogP contribution in [0.25, 0.3) is 16.9 Å². The maximum Gasteiger partial charge on any atom is 0.276 e. The van der Waals surface area contributed by atoms with Crippen molar-refractivity contribution in [3.8, 4) is 16.9 Å². The lowest BCUT2D eigenvalue weighted by Crippen LogP contribution is -2.16. The van der Waals surface area contributed by atoms with E-state index in [-0.39, 0.29) is 22.1 Å². The number of anilines is 2. The van der Waals surface area contributed by atoms with Gasteiger partial charge in [0.2, 0.25) is 0 Å². The van der Waals surface area contributed by atoms with E-state index in [9.17, 15) is 9.59 Å². The molecule has 0 aliphatic heterocycles. The fourth-order valence-corrected chi connectivity index (χ4v) is 4.45. The van der Waals surface area contributed by atoms with Gasteiger partial charge in [0.15, 0.2) is 5.69 Å². The van der Waals surface area contributed by atoms with Crippen LogP contribution in [0.2, 0.25) is 10.0 Å². The van der Waals surface area contributed by atoms with E-state index in [0.717, 1.165) is 0 Å². The standard InChI is InChI=1S/C27H21Cl2N7O2/c1-15-25(16(2)34-33-15)32-27(38)23-14-24(36(35-23)17-8-4-3-5-9-17)31-26(37)19-12-18(20(28)13-21(19)29)22-10-6-7-11-30-22/h3-14H,1-2H3,(H,31,37)(H,32,38)(H,33,34). The number of pyridine rings is 1. The molecule has 11 heteroatoms. The number of nitrogens with zero attached hydrogens (tertiary/aromatic N) is 4. The molecule has 190 valence electrons. The average Bonchev–Trinajstić information content (AvgIpc) is 3.48. The summed E-state index contributed by atoms with van der Waals surface area (Å²) in [5, 5.41) is 17.6. The zero-order valence-corrected chi connectivity index (χ0v) is 21.8. The lowest BCUT2D eigenvalue weighted by Gasteiger charge is -2.12. The van der Waals surface area contributed by atoms with Crippen LogP contribution in [-0.2, 0) is 0 Å². The molecule has 0 radical (unpaired) electrons. The number of aryl methyl sites for hydroxylation is 2. The van der Waals surface area contributed by atoms with Crippen molar-refractivity contribution in [2.45, 2.75) is 13.8 Å². The first-order valence-corrected chi connectivity index (χ1v) is 12.3. The van der Waals surface area contributed by atoms with Crippen molar-refractivity contribution >= 4 is 46.5 Å². The first-order chi connectivity index (χ1) is 18.3. The van der Waals surface area contributed by atoms with E-state index in [0.29, 0.717) is 39.0 Å². The van der Waals surface area contributed by atoms with E-state index in [1.807, 2.05) is 36.4 Å². The summed E-state index contributed by atoms with van der Waals surface area (Å²) in [6, 6.07) is 19.1. The van der Waals surface area contributed by atoms with E-state index in [2.05, 4.69) is 30.9 Å². The normalized spacial score (nSPS) is 10.8. The molecule has 0 aliphatic carbocycles. The lowest BCUT2D eigenvalue weighted by atomic mass is 10.1. The predicted octanol–water partition coefficient (Wildman–Crippen LogP) is 6.09. The van der Waals surface area contributed by atoms with Crippen LogP contribution < -0.4 is 10.6 Å². The monoisotopic (exact) mass is 545 g/mol. The number of hydrogen-bond acceptors (Lipinski definition) is 5. The fraction of sp³-hybridized carbons (Fsp3) is 0.0741. The van der Waals surface area contributed by atoms with E-state index >= 15 is 0 Å². The molecule has 0 bridgehead atoms. The number of nitrogens with one attached hydrogen (secondary N) is 3. The number of halogens is 2. The zero-order chi connectivity index (χ0) is 26.8. The molecule has 0 unspecified atom stereocenters. The number of para-hydroxylation sites is 1. The maximum absolute atomic E-state index is 13.4. The summed E-state index contributed by atoms with van der Waals surface area (Å²) < 4.78 is 1.48. The van der Waals surface area contributed by atoms with E-state index in [1.165, 1.54) is 16.8 Å². The quantitative estimate of drug-likeness (QED) is 0.238. The first kappa shape index (κ1) is 25.2. The van der Waals surface area contributed by atoms with Crippen molar-refractivity contribution in [2.24, 2.45) is 0 Å². The Bertz CT molecular complexity index is 1630. The van der Waals surface area contributed by atoms with E-state index < -0.39 is 11.8 Å². The van der Waals surface area contributed by atoms with Gasteiger partial charge in [-0.25, -0.2) is 4.68 Å². The molecule has 38 heavy (non-hydrogen) atoms. The third kappa shape index (κ3) is 5.02.